The molecule has 10 heteroatoms. The largest absolute Gasteiger partial charge is 0.336 e. The van der Waals surface area contributed by atoms with E-state index in [9.17, 15) is 4.79 Å². The van der Waals surface area contributed by atoms with E-state index in [1.807, 2.05) is 23.6 Å². The molecular formula is C26H18FN7OS. The summed E-state index contributed by atoms with van der Waals surface area (Å²) in [5.74, 6) is 0.181. The standard InChI is InChI=1S/C26H18FN7OS/c27-18-10-20-17(9-16(18)14-8-15(12-28-11-14)30-26(35)13-3-4-13)22(34-33-20)25-31-19-5-6-29-24(23(19)32-25)21-2-1-7-36-21/h1-2,5-13H,3-4H2,(H,30,35)(H,31,32)(H,33,34). The number of carbonyl (C=O) groups excluding carboxylic acids is 1. The Kier molecular flexibility index (Phi) is 4.68. The van der Waals surface area contributed by atoms with Crippen molar-refractivity contribution < 1.29 is 9.18 Å². The first kappa shape index (κ1) is 20.9. The van der Waals surface area contributed by atoms with Crippen LogP contribution in [0.3, 0.4) is 0 Å². The lowest BCUT2D eigenvalue weighted by molar-refractivity contribution is -0.117. The maximum atomic E-state index is 15.1. The van der Waals surface area contributed by atoms with Gasteiger partial charge in [-0.25, -0.2) is 9.37 Å². The number of aromatic amines is 2. The maximum absolute atomic E-state index is 15.1. The normalized spacial score (nSPS) is 13.5. The highest BCUT2D eigenvalue weighted by molar-refractivity contribution is 7.13. The first-order chi connectivity index (χ1) is 17.6. The molecule has 1 aliphatic rings. The summed E-state index contributed by atoms with van der Waals surface area (Å²) >= 11 is 1.60. The van der Waals surface area contributed by atoms with E-state index in [-0.39, 0.29) is 11.8 Å². The topological polar surface area (TPSA) is 112 Å². The van der Waals surface area contributed by atoms with Crippen molar-refractivity contribution in [3.05, 3.63) is 66.2 Å². The highest BCUT2D eigenvalue weighted by Crippen LogP contribution is 2.35. The minimum absolute atomic E-state index is 0.0247. The molecule has 0 radical (unpaired) electrons. The van der Waals surface area contributed by atoms with E-state index < -0.39 is 5.82 Å². The Hall–Kier alpha value is -4.44. The van der Waals surface area contributed by atoms with Crippen molar-refractivity contribution in [2.75, 3.05) is 5.32 Å². The number of carbonyl (C=O) groups is 1. The van der Waals surface area contributed by atoms with Gasteiger partial charge in [0.2, 0.25) is 5.91 Å². The number of benzene rings is 1. The lowest BCUT2D eigenvalue weighted by Gasteiger charge is -2.08. The summed E-state index contributed by atoms with van der Waals surface area (Å²) in [6, 6.07) is 10.7. The van der Waals surface area contributed by atoms with Gasteiger partial charge in [-0.3, -0.25) is 19.9 Å². The zero-order valence-electron chi connectivity index (χ0n) is 18.7. The number of H-pyrrole nitrogens is 2. The van der Waals surface area contributed by atoms with E-state index in [0.29, 0.717) is 39.2 Å². The first-order valence-corrected chi connectivity index (χ1v) is 12.3. The molecule has 0 bridgehead atoms. The molecule has 1 aliphatic carbocycles. The minimum Gasteiger partial charge on any atom is -0.336 e. The summed E-state index contributed by atoms with van der Waals surface area (Å²) in [4.78, 5) is 30.1. The predicted molar refractivity (Wildman–Crippen MR) is 137 cm³/mol. The van der Waals surface area contributed by atoms with Crippen LogP contribution in [-0.4, -0.2) is 36.0 Å². The van der Waals surface area contributed by atoms with Gasteiger partial charge in [0.25, 0.3) is 0 Å². The number of hydrogen-bond donors (Lipinski definition) is 3. The van der Waals surface area contributed by atoms with E-state index in [4.69, 9.17) is 4.98 Å². The molecule has 0 aliphatic heterocycles. The number of pyridine rings is 2. The van der Waals surface area contributed by atoms with Gasteiger partial charge in [-0.05, 0) is 42.5 Å². The smallest absolute Gasteiger partial charge is 0.227 e. The number of nitrogens with one attached hydrogen (secondary N) is 3. The molecule has 3 N–H and O–H groups in total. The van der Waals surface area contributed by atoms with Crippen LogP contribution in [0.2, 0.25) is 0 Å². The van der Waals surface area contributed by atoms with Gasteiger partial charge in [0.05, 0.1) is 27.8 Å². The van der Waals surface area contributed by atoms with Crippen molar-refractivity contribution in [3.8, 4) is 33.2 Å². The molecule has 0 atom stereocenters. The molecule has 36 heavy (non-hydrogen) atoms. The average Bonchev–Trinajstić information content (AvgIpc) is 3.26. The molecule has 5 aromatic heterocycles. The third kappa shape index (κ3) is 3.54. The van der Waals surface area contributed by atoms with Crippen molar-refractivity contribution >= 4 is 44.9 Å². The number of thiophene rings is 1. The summed E-state index contributed by atoms with van der Waals surface area (Å²) in [6.07, 6.45) is 6.70. The van der Waals surface area contributed by atoms with Crippen LogP contribution in [0.5, 0.6) is 0 Å². The van der Waals surface area contributed by atoms with Gasteiger partial charge in [0.1, 0.15) is 22.7 Å². The zero-order valence-corrected chi connectivity index (χ0v) is 19.6. The highest BCUT2D eigenvalue weighted by Gasteiger charge is 2.29. The van der Waals surface area contributed by atoms with Crippen LogP contribution in [0.15, 0.2) is 60.4 Å². The lowest BCUT2D eigenvalue weighted by Crippen LogP contribution is -2.13. The quantitative estimate of drug-likeness (QED) is 0.281. The zero-order chi connectivity index (χ0) is 24.2. The van der Waals surface area contributed by atoms with Crippen LogP contribution in [0.4, 0.5) is 10.1 Å². The van der Waals surface area contributed by atoms with Crippen LogP contribution in [0, 0.1) is 11.7 Å². The van der Waals surface area contributed by atoms with Gasteiger partial charge in [0.15, 0.2) is 5.82 Å². The Labute approximate surface area is 207 Å². The summed E-state index contributed by atoms with van der Waals surface area (Å²) in [6.45, 7) is 0. The molecule has 1 saturated carbocycles. The number of imidazole rings is 1. The van der Waals surface area contributed by atoms with Gasteiger partial charge in [-0.1, -0.05) is 6.07 Å². The monoisotopic (exact) mass is 495 g/mol. The fourth-order valence-electron chi connectivity index (χ4n) is 4.33. The van der Waals surface area contributed by atoms with E-state index in [0.717, 1.165) is 34.4 Å². The maximum Gasteiger partial charge on any atom is 0.227 e. The Balaban J connectivity index is 1.31. The van der Waals surface area contributed by atoms with Crippen LogP contribution in [0.1, 0.15) is 12.8 Å². The van der Waals surface area contributed by atoms with E-state index >= 15 is 4.39 Å². The molecule has 0 saturated heterocycles. The van der Waals surface area contributed by atoms with Gasteiger partial charge in [0, 0.05) is 40.9 Å². The third-order valence-corrected chi connectivity index (χ3v) is 7.17. The molecule has 1 amide bonds. The Morgan fingerprint density at radius 1 is 1.11 bits per heavy atom. The first-order valence-electron chi connectivity index (χ1n) is 11.5. The van der Waals surface area contributed by atoms with Crippen molar-refractivity contribution in [2.45, 2.75) is 12.8 Å². The third-order valence-electron chi connectivity index (χ3n) is 6.30. The Bertz CT molecular complexity index is 1770. The molecule has 5 heterocycles. The van der Waals surface area contributed by atoms with Gasteiger partial charge in [-0.15, -0.1) is 11.3 Å². The second-order valence-electron chi connectivity index (χ2n) is 8.79. The summed E-state index contributed by atoms with van der Waals surface area (Å²) in [7, 11) is 0. The van der Waals surface area contributed by atoms with Crippen molar-refractivity contribution in [1.82, 2.24) is 30.1 Å². The molecular weight excluding hydrogens is 477 g/mol. The number of fused-ring (bicyclic) bond motifs is 2. The summed E-state index contributed by atoms with van der Waals surface area (Å²) in [5, 5.41) is 12.9. The number of aromatic nitrogens is 6. The predicted octanol–water partition coefficient (Wildman–Crippen LogP) is 5.78. The second-order valence-corrected chi connectivity index (χ2v) is 9.74. The van der Waals surface area contributed by atoms with Crippen molar-refractivity contribution in [3.63, 3.8) is 0 Å². The molecule has 1 fully saturated rings. The second kappa shape index (κ2) is 8.06. The lowest BCUT2D eigenvalue weighted by atomic mass is 10.0. The number of anilines is 1. The summed E-state index contributed by atoms with van der Waals surface area (Å²) in [5.41, 5.74) is 4.97. The molecule has 176 valence electrons. The summed E-state index contributed by atoms with van der Waals surface area (Å²) < 4.78 is 15.1. The molecule has 8 nitrogen and oxygen atoms in total. The average molecular weight is 496 g/mol. The van der Waals surface area contributed by atoms with Gasteiger partial charge < -0.3 is 10.3 Å². The van der Waals surface area contributed by atoms with E-state index in [1.54, 1.807) is 42.1 Å². The van der Waals surface area contributed by atoms with E-state index in [2.05, 4.69) is 30.5 Å². The molecule has 7 rings (SSSR count). The minimum atomic E-state index is -0.418. The van der Waals surface area contributed by atoms with Crippen molar-refractivity contribution in [2.24, 2.45) is 5.92 Å². The van der Waals surface area contributed by atoms with Gasteiger partial charge >= 0.3 is 0 Å². The molecule has 1 aromatic carbocycles. The molecule has 6 aromatic rings. The van der Waals surface area contributed by atoms with Crippen LogP contribution < -0.4 is 5.32 Å². The molecule has 0 unspecified atom stereocenters. The fourth-order valence-corrected chi connectivity index (χ4v) is 5.05. The SMILES string of the molecule is O=C(Nc1cncc(-c2cc3c(-c4nc5c(-c6cccs6)nccc5[nH]4)n[nH]c3cc2F)c1)C1CC1. The van der Waals surface area contributed by atoms with Crippen LogP contribution >= 0.6 is 11.3 Å². The van der Waals surface area contributed by atoms with Crippen LogP contribution in [0.25, 0.3) is 55.2 Å². The van der Waals surface area contributed by atoms with Crippen molar-refractivity contribution in [1.29, 1.82) is 0 Å². The Morgan fingerprint density at radius 3 is 2.86 bits per heavy atom. The highest BCUT2D eigenvalue weighted by atomic mass is 32.1. The number of halogens is 1. The van der Waals surface area contributed by atoms with Crippen LogP contribution in [-0.2, 0) is 4.79 Å². The number of amides is 1. The Morgan fingerprint density at radius 2 is 2.03 bits per heavy atom. The van der Waals surface area contributed by atoms with Gasteiger partial charge in [-0.2, -0.15) is 5.10 Å². The molecule has 0 spiro atoms. The number of hydrogen-bond acceptors (Lipinski definition) is 6. The number of rotatable bonds is 5. The fraction of sp³-hybridized carbons (Fsp3) is 0.115. The van der Waals surface area contributed by atoms with E-state index in [1.165, 1.54) is 6.07 Å². The number of nitrogens with zero attached hydrogens (tertiary/aromatic N) is 4.